The summed E-state index contributed by atoms with van der Waals surface area (Å²) in [7, 11) is -3.44. The van der Waals surface area contributed by atoms with E-state index in [-0.39, 0.29) is 18.2 Å². The Labute approximate surface area is 154 Å². The van der Waals surface area contributed by atoms with E-state index >= 15 is 0 Å². The highest BCUT2D eigenvalue weighted by Crippen LogP contribution is 2.23. The number of sulfonamides is 1. The van der Waals surface area contributed by atoms with Crippen molar-refractivity contribution in [3.05, 3.63) is 30.3 Å². The fourth-order valence-corrected chi connectivity index (χ4v) is 4.49. The molecule has 0 radical (unpaired) electrons. The molecule has 0 aromatic heterocycles. The van der Waals surface area contributed by atoms with Crippen molar-refractivity contribution >= 4 is 21.9 Å². The summed E-state index contributed by atoms with van der Waals surface area (Å²) in [5, 5.41) is 11.4. The Hall–Kier alpha value is -1.93. The highest BCUT2D eigenvalue weighted by Gasteiger charge is 2.29. The van der Waals surface area contributed by atoms with Gasteiger partial charge < -0.3 is 10.4 Å². The molecule has 0 spiro atoms. The number of nitrogens with one attached hydrogen (secondary N) is 1. The molecule has 1 aromatic rings. The predicted octanol–water partition coefficient (Wildman–Crippen LogP) is 1.85. The number of carbonyl (C=O) groups excluding carboxylic acids is 1. The van der Waals surface area contributed by atoms with Crippen molar-refractivity contribution in [2.75, 3.05) is 19.6 Å². The van der Waals surface area contributed by atoms with E-state index in [4.69, 9.17) is 5.11 Å². The quantitative estimate of drug-likeness (QED) is 0.634. The van der Waals surface area contributed by atoms with Crippen molar-refractivity contribution in [3.8, 4) is 0 Å². The van der Waals surface area contributed by atoms with Gasteiger partial charge in [0, 0.05) is 32.5 Å². The topological polar surface area (TPSA) is 104 Å². The standard InChI is InChI=1S/C18H26N2O5S/c21-17(8-4-5-9-18(22)23)19-14-15-10-12-20(13-11-15)26(24,25)16-6-2-1-3-7-16/h1-3,6-7,15H,4-5,8-14H2,(H,19,21)(H,22,23). The number of hydrogen-bond acceptors (Lipinski definition) is 4. The summed E-state index contributed by atoms with van der Waals surface area (Å²) in [4.78, 5) is 22.5. The molecule has 0 atom stereocenters. The summed E-state index contributed by atoms with van der Waals surface area (Å²) < 4.78 is 26.6. The summed E-state index contributed by atoms with van der Waals surface area (Å²) in [6.45, 7) is 1.45. The van der Waals surface area contributed by atoms with Crippen molar-refractivity contribution in [3.63, 3.8) is 0 Å². The molecule has 1 amide bonds. The van der Waals surface area contributed by atoms with Gasteiger partial charge in [-0.2, -0.15) is 4.31 Å². The molecule has 1 aromatic carbocycles. The maximum absolute atomic E-state index is 12.6. The maximum atomic E-state index is 12.6. The molecule has 1 saturated heterocycles. The van der Waals surface area contributed by atoms with Crippen molar-refractivity contribution < 1.29 is 23.1 Å². The van der Waals surface area contributed by atoms with Crippen LogP contribution in [0.15, 0.2) is 35.2 Å². The highest BCUT2D eigenvalue weighted by molar-refractivity contribution is 7.89. The van der Waals surface area contributed by atoms with Crippen molar-refractivity contribution in [1.82, 2.24) is 9.62 Å². The smallest absolute Gasteiger partial charge is 0.303 e. The van der Waals surface area contributed by atoms with Crippen LogP contribution in [0.5, 0.6) is 0 Å². The number of hydrogen-bond donors (Lipinski definition) is 2. The second-order valence-corrected chi connectivity index (χ2v) is 8.50. The molecular formula is C18H26N2O5S. The maximum Gasteiger partial charge on any atom is 0.303 e. The van der Waals surface area contributed by atoms with Crippen molar-refractivity contribution in [1.29, 1.82) is 0 Å². The second-order valence-electron chi connectivity index (χ2n) is 6.57. The number of carbonyl (C=O) groups is 2. The summed E-state index contributed by atoms with van der Waals surface area (Å²) in [5.41, 5.74) is 0. The lowest BCUT2D eigenvalue weighted by Crippen LogP contribution is -2.41. The van der Waals surface area contributed by atoms with E-state index in [1.165, 1.54) is 4.31 Å². The van der Waals surface area contributed by atoms with E-state index in [9.17, 15) is 18.0 Å². The predicted molar refractivity (Wildman–Crippen MR) is 97.0 cm³/mol. The van der Waals surface area contributed by atoms with E-state index in [1.807, 2.05) is 0 Å². The van der Waals surface area contributed by atoms with Crippen LogP contribution in [0.1, 0.15) is 38.5 Å². The van der Waals surface area contributed by atoms with Crippen LogP contribution in [0.3, 0.4) is 0 Å². The molecule has 1 heterocycles. The van der Waals surface area contributed by atoms with Gasteiger partial charge >= 0.3 is 5.97 Å². The zero-order valence-electron chi connectivity index (χ0n) is 14.8. The van der Waals surface area contributed by atoms with Crippen LogP contribution in [0.2, 0.25) is 0 Å². The molecule has 144 valence electrons. The van der Waals surface area contributed by atoms with Gasteiger partial charge in [0.05, 0.1) is 4.90 Å². The Kier molecular flexibility index (Phi) is 7.59. The Balaban J connectivity index is 1.70. The number of carboxylic acid groups (broad SMARTS) is 1. The monoisotopic (exact) mass is 382 g/mol. The molecule has 26 heavy (non-hydrogen) atoms. The number of aliphatic carboxylic acids is 1. The molecule has 1 fully saturated rings. The fourth-order valence-electron chi connectivity index (χ4n) is 3.00. The average Bonchev–Trinajstić information content (AvgIpc) is 2.64. The second kappa shape index (κ2) is 9.68. The zero-order valence-corrected chi connectivity index (χ0v) is 15.6. The number of nitrogens with zero attached hydrogens (tertiary/aromatic N) is 1. The third-order valence-electron chi connectivity index (χ3n) is 4.59. The number of unbranched alkanes of at least 4 members (excludes halogenated alkanes) is 1. The molecule has 0 aliphatic carbocycles. The van der Waals surface area contributed by atoms with Crippen LogP contribution < -0.4 is 5.32 Å². The third kappa shape index (κ3) is 6.10. The van der Waals surface area contributed by atoms with Crippen LogP contribution in [0.25, 0.3) is 0 Å². The van der Waals surface area contributed by atoms with Crippen LogP contribution >= 0.6 is 0 Å². The molecule has 0 unspecified atom stereocenters. The van der Waals surface area contributed by atoms with Gasteiger partial charge in [-0.05, 0) is 43.7 Å². The Morgan fingerprint density at radius 3 is 2.31 bits per heavy atom. The summed E-state index contributed by atoms with van der Waals surface area (Å²) >= 11 is 0. The minimum Gasteiger partial charge on any atom is -0.481 e. The SMILES string of the molecule is O=C(O)CCCCC(=O)NCC1CCN(S(=O)(=O)c2ccccc2)CC1. The first-order valence-corrected chi connectivity index (χ1v) is 10.4. The van der Waals surface area contributed by atoms with Gasteiger partial charge in [-0.15, -0.1) is 0 Å². The average molecular weight is 382 g/mol. The minimum absolute atomic E-state index is 0.0743. The number of rotatable bonds is 9. The van der Waals surface area contributed by atoms with E-state index in [1.54, 1.807) is 30.3 Å². The molecule has 0 bridgehead atoms. The van der Waals surface area contributed by atoms with Crippen LogP contribution in [-0.4, -0.2) is 49.3 Å². The molecule has 2 rings (SSSR count). The number of amides is 1. The Bertz CT molecular complexity index is 698. The van der Waals surface area contributed by atoms with E-state index < -0.39 is 16.0 Å². The van der Waals surface area contributed by atoms with Crippen molar-refractivity contribution in [2.24, 2.45) is 5.92 Å². The number of carboxylic acids is 1. The van der Waals surface area contributed by atoms with Gasteiger partial charge in [-0.25, -0.2) is 8.42 Å². The molecule has 7 nitrogen and oxygen atoms in total. The molecule has 0 saturated carbocycles. The summed E-state index contributed by atoms with van der Waals surface area (Å²) in [6.07, 6.45) is 2.90. The van der Waals surface area contributed by atoms with Gasteiger partial charge in [0.25, 0.3) is 0 Å². The molecular weight excluding hydrogens is 356 g/mol. The third-order valence-corrected chi connectivity index (χ3v) is 6.50. The summed E-state index contributed by atoms with van der Waals surface area (Å²) in [6, 6.07) is 8.42. The molecule has 1 aliphatic rings. The van der Waals surface area contributed by atoms with Gasteiger partial charge in [-0.1, -0.05) is 18.2 Å². The van der Waals surface area contributed by atoms with Gasteiger partial charge in [0.2, 0.25) is 15.9 Å². The van der Waals surface area contributed by atoms with Crippen LogP contribution in [0, 0.1) is 5.92 Å². The highest BCUT2D eigenvalue weighted by atomic mass is 32.2. The largest absolute Gasteiger partial charge is 0.481 e. The van der Waals surface area contributed by atoms with E-state index in [2.05, 4.69) is 5.32 Å². The Morgan fingerprint density at radius 1 is 1.08 bits per heavy atom. The first-order chi connectivity index (χ1) is 12.4. The van der Waals surface area contributed by atoms with E-state index in [0.717, 1.165) is 0 Å². The fraction of sp³-hybridized carbons (Fsp3) is 0.556. The first-order valence-electron chi connectivity index (χ1n) is 8.93. The van der Waals surface area contributed by atoms with Crippen molar-refractivity contribution in [2.45, 2.75) is 43.4 Å². The van der Waals surface area contributed by atoms with Crippen LogP contribution in [-0.2, 0) is 19.6 Å². The number of benzene rings is 1. The molecule has 1 aliphatic heterocycles. The lowest BCUT2D eigenvalue weighted by Gasteiger charge is -2.31. The van der Waals surface area contributed by atoms with Gasteiger partial charge in [-0.3, -0.25) is 9.59 Å². The minimum atomic E-state index is -3.44. The molecule has 2 N–H and O–H groups in total. The lowest BCUT2D eigenvalue weighted by atomic mass is 9.98. The Morgan fingerprint density at radius 2 is 1.69 bits per heavy atom. The molecule has 8 heteroatoms. The zero-order chi connectivity index (χ0) is 19.0. The first kappa shape index (κ1) is 20.4. The number of piperidine rings is 1. The van der Waals surface area contributed by atoms with E-state index in [0.29, 0.717) is 56.6 Å². The van der Waals surface area contributed by atoms with Gasteiger partial charge in [0.1, 0.15) is 0 Å². The normalized spacial score (nSPS) is 16.3. The summed E-state index contributed by atoms with van der Waals surface area (Å²) in [5.74, 6) is -0.655. The lowest BCUT2D eigenvalue weighted by molar-refractivity contribution is -0.137. The van der Waals surface area contributed by atoms with Crippen LogP contribution in [0.4, 0.5) is 0 Å². The van der Waals surface area contributed by atoms with Gasteiger partial charge in [0.15, 0.2) is 0 Å².